The summed E-state index contributed by atoms with van der Waals surface area (Å²) in [4.78, 5) is 0.929. The van der Waals surface area contributed by atoms with Crippen molar-refractivity contribution >= 4 is 22.9 Å². The summed E-state index contributed by atoms with van der Waals surface area (Å²) in [6, 6.07) is 4.17. The molecule has 0 aromatic carbocycles. The van der Waals surface area contributed by atoms with Crippen LogP contribution in [0.3, 0.4) is 0 Å². The summed E-state index contributed by atoms with van der Waals surface area (Å²) in [7, 11) is 0. The molecule has 1 unspecified atom stereocenters. The highest BCUT2D eigenvalue weighted by Gasteiger charge is 2.24. The van der Waals surface area contributed by atoms with Gasteiger partial charge in [-0.15, -0.1) is 11.3 Å². The molecule has 0 aliphatic heterocycles. The third-order valence-corrected chi connectivity index (χ3v) is 3.75. The van der Waals surface area contributed by atoms with E-state index in [0.717, 1.165) is 15.8 Å². The fourth-order valence-corrected chi connectivity index (χ4v) is 2.45. The summed E-state index contributed by atoms with van der Waals surface area (Å²) >= 11 is 7.28. The number of halogens is 1. The van der Waals surface area contributed by atoms with E-state index in [-0.39, 0.29) is 0 Å². The number of aliphatic hydroxyl groups is 1. The van der Waals surface area contributed by atoms with E-state index >= 15 is 0 Å². The third kappa shape index (κ3) is 4.11. The van der Waals surface area contributed by atoms with Gasteiger partial charge in [-0.1, -0.05) is 25.4 Å². The topological polar surface area (TPSA) is 32.3 Å². The maximum Gasteiger partial charge on any atom is 0.0972 e. The number of hydrogen-bond acceptors (Lipinski definition) is 3. The molecule has 0 radical (unpaired) electrons. The molecule has 0 fully saturated rings. The first-order valence-corrected chi connectivity index (χ1v) is 6.33. The Bertz CT molecular complexity index is 309. The summed E-state index contributed by atoms with van der Waals surface area (Å²) in [5.41, 5.74) is -0.778. The van der Waals surface area contributed by atoms with E-state index < -0.39 is 5.60 Å². The molecular weight excluding hydrogens is 230 g/mol. The second kappa shape index (κ2) is 5.30. The molecule has 86 valence electrons. The van der Waals surface area contributed by atoms with Crippen LogP contribution in [0.5, 0.6) is 0 Å². The van der Waals surface area contributed by atoms with E-state index in [1.54, 1.807) is 0 Å². The Balaban J connectivity index is 2.51. The fourth-order valence-electron chi connectivity index (χ4n) is 1.33. The van der Waals surface area contributed by atoms with E-state index in [1.165, 1.54) is 11.3 Å². The molecule has 0 bridgehead atoms. The summed E-state index contributed by atoms with van der Waals surface area (Å²) in [6.07, 6.45) is 0.696. The molecule has 0 amide bonds. The Kier molecular flexibility index (Phi) is 4.59. The van der Waals surface area contributed by atoms with Crippen molar-refractivity contribution in [2.45, 2.75) is 38.8 Å². The maximum absolute atomic E-state index is 10.2. The van der Waals surface area contributed by atoms with Crippen molar-refractivity contribution in [1.29, 1.82) is 0 Å². The summed E-state index contributed by atoms with van der Waals surface area (Å²) in [5, 5.41) is 13.5. The molecule has 2 N–H and O–H groups in total. The second-order valence-electron chi connectivity index (χ2n) is 4.24. The van der Waals surface area contributed by atoms with E-state index in [1.807, 2.05) is 19.1 Å². The molecule has 2 nitrogen and oxygen atoms in total. The van der Waals surface area contributed by atoms with Crippen molar-refractivity contribution in [3.63, 3.8) is 0 Å². The second-order valence-corrected chi connectivity index (χ2v) is 5.95. The van der Waals surface area contributed by atoms with Gasteiger partial charge in [-0.2, -0.15) is 0 Å². The summed E-state index contributed by atoms with van der Waals surface area (Å²) in [6.45, 7) is 6.82. The normalized spacial score (nSPS) is 15.6. The number of rotatable bonds is 5. The largest absolute Gasteiger partial charge is 0.385 e. The van der Waals surface area contributed by atoms with Crippen molar-refractivity contribution in [3.8, 4) is 0 Å². The van der Waals surface area contributed by atoms with E-state index in [2.05, 4.69) is 19.2 Å². The van der Waals surface area contributed by atoms with Crippen LogP contribution in [-0.2, 0) is 5.60 Å². The molecule has 1 atom stereocenters. The first-order chi connectivity index (χ1) is 6.92. The molecule has 1 aromatic heterocycles. The van der Waals surface area contributed by atoms with Crippen molar-refractivity contribution in [2.24, 2.45) is 0 Å². The number of thiophene rings is 1. The molecule has 0 spiro atoms. The van der Waals surface area contributed by atoms with Crippen LogP contribution in [0.1, 0.15) is 32.1 Å². The lowest BCUT2D eigenvalue weighted by Crippen LogP contribution is -2.30. The lowest BCUT2D eigenvalue weighted by molar-refractivity contribution is 0.0513. The average Bonchev–Trinajstić information content (AvgIpc) is 2.51. The molecular formula is C11H18ClNOS. The van der Waals surface area contributed by atoms with Gasteiger partial charge in [0.1, 0.15) is 0 Å². The van der Waals surface area contributed by atoms with Crippen LogP contribution >= 0.6 is 22.9 Å². The average molecular weight is 248 g/mol. The monoisotopic (exact) mass is 247 g/mol. The van der Waals surface area contributed by atoms with E-state index in [4.69, 9.17) is 11.6 Å². The molecule has 1 heterocycles. The predicted octanol–water partition coefficient (Wildman–Crippen LogP) is 3.00. The minimum Gasteiger partial charge on any atom is -0.385 e. The smallest absolute Gasteiger partial charge is 0.0972 e. The van der Waals surface area contributed by atoms with Crippen LogP contribution in [0.25, 0.3) is 0 Å². The van der Waals surface area contributed by atoms with Crippen LogP contribution in [0.2, 0.25) is 4.34 Å². The standard InChI is InChI=1S/C11H18ClNOS/c1-8(2)13-7-6-11(3,14)9-4-5-10(12)15-9/h4-5,8,13-14H,6-7H2,1-3H3. The van der Waals surface area contributed by atoms with Gasteiger partial charge in [0.2, 0.25) is 0 Å². The van der Waals surface area contributed by atoms with Crippen LogP contribution in [0.4, 0.5) is 0 Å². The van der Waals surface area contributed by atoms with Gasteiger partial charge in [0, 0.05) is 10.9 Å². The molecule has 1 aromatic rings. The first-order valence-electron chi connectivity index (χ1n) is 5.13. The van der Waals surface area contributed by atoms with Gasteiger partial charge in [-0.25, -0.2) is 0 Å². The number of nitrogens with one attached hydrogen (secondary N) is 1. The van der Waals surface area contributed by atoms with Crippen LogP contribution in [-0.4, -0.2) is 17.7 Å². The van der Waals surface area contributed by atoms with Gasteiger partial charge in [0.25, 0.3) is 0 Å². The van der Waals surface area contributed by atoms with Crippen LogP contribution < -0.4 is 5.32 Å². The maximum atomic E-state index is 10.2. The fraction of sp³-hybridized carbons (Fsp3) is 0.636. The highest BCUT2D eigenvalue weighted by Crippen LogP contribution is 2.32. The lowest BCUT2D eigenvalue weighted by Gasteiger charge is -2.22. The lowest BCUT2D eigenvalue weighted by atomic mass is 10.0. The zero-order valence-electron chi connectivity index (χ0n) is 9.38. The van der Waals surface area contributed by atoms with Crippen LogP contribution in [0, 0.1) is 0 Å². The van der Waals surface area contributed by atoms with Gasteiger partial charge in [-0.3, -0.25) is 0 Å². The Hall–Kier alpha value is -0.0900. The van der Waals surface area contributed by atoms with Crippen molar-refractivity contribution in [3.05, 3.63) is 21.3 Å². The van der Waals surface area contributed by atoms with Crippen molar-refractivity contribution in [2.75, 3.05) is 6.54 Å². The molecule has 15 heavy (non-hydrogen) atoms. The SMILES string of the molecule is CC(C)NCCC(C)(O)c1ccc(Cl)s1. The minimum absolute atomic E-state index is 0.452. The molecule has 0 saturated heterocycles. The van der Waals surface area contributed by atoms with Gasteiger partial charge >= 0.3 is 0 Å². The van der Waals surface area contributed by atoms with E-state index in [9.17, 15) is 5.11 Å². The summed E-state index contributed by atoms with van der Waals surface area (Å²) < 4.78 is 0.724. The Morgan fingerprint density at radius 2 is 2.20 bits per heavy atom. The first kappa shape index (κ1) is 13.0. The Labute approximate surface area is 100 Å². The highest BCUT2D eigenvalue weighted by atomic mass is 35.5. The summed E-state index contributed by atoms with van der Waals surface area (Å²) in [5.74, 6) is 0. The number of hydrogen-bond donors (Lipinski definition) is 2. The van der Waals surface area contributed by atoms with Gasteiger partial charge < -0.3 is 10.4 Å². The van der Waals surface area contributed by atoms with E-state index in [0.29, 0.717) is 12.5 Å². The molecule has 0 aliphatic carbocycles. The minimum atomic E-state index is -0.778. The molecule has 0 saturated carbocycles. The Morgan fingerprint density at radius 1 is 1.53 bits per heavy atom. The zero-order valence-corrected chi connectivity index (χ0v) is 11.0. The highest BCUT2D eigenvalue weighted by molar-refractivity contribution is 7.16. The predicted molar refractivity (Wildman–Crippen MR) is 66.7 cm³/mol. The van der Waals surface area contributed by atoms with Gasteiger partial charge in [0.15, 0.2) is 0 Å². The molecule has 4 heteroatoms. The van der Waals surface area contributed by atoms with Gasteiger partial charge in [-0.05, 0) is 32.0 Å². The molecule has 1 rings (SSSR count). The third-order valence-electron chi connectivity index (χ3n) is 2.27. The van der Waals surface area contributed by atoms with Gasteiger partial charge in [0.05, 0.1) is 9.94 Å². The quantitative estimate of drug-likeness (QED) is 0.839. The Morgan fingerprint density at radius 3 is 2.67 bits per heavy atom. The van der Waals surface area contributed by atoms with Crippen molar-refractivity contribution < 1.29 is 5.11 Å². The van der Waals surface area contributed by atoms with Crippen molar-refractivity contribution in [1.82, 2.24) is 5.32 Å². The van der Waals surface area contributed by atoms with Crippen LogP contribution in [0.15, 0.2) is 12.1 Å². The molecule has 0 aliphatic rings. The zero-order chi connectivity index (χ0) is 11.5.